The van der Waals surface area contributed by atoms with Crippen molar-refractivity contribution >= 4 is 0 Å². The summed E-state index contributed by atoms with van der Waals surface area (Å²) in [5.74, 6) is 0.396. The number of ether oxygens (including phenoxy) is 1. The van der Waals surface area contributed by atoms with Gasteiger partial charge in [-0.2, -0.15) is 4.74 Å². The van der Waals surface area contributed by atoms with Gasteiger partial charge in [-0.1, -0.05) is 24.3 Å². The van der Waals surface area contributed by atoms with Crippen LogP contribution in [0.2, 0.25) is 0 Å². The quantitative estimate of drug-likeness (QED) is 0.250. The van der Waals surface area contributed by atoms with E-state index >= 15 is 0 Å². The van der Waals surface area contributed by atoms with E-state index in [1.807, 2.05) is 6.92 Å². The third kappa shape index (κ3) is 6.57. The first-order chi connectivity index (χ1) is 21.2. The van der Waals surface area contributed by atoms with Gasteiger partial charge in [0.05, 0.1) is 22.5 Å². The minimum atomic E-state index is -0.535. The smallest absolute Gasteiger partial charge is 0.358 e. The maximum Gasteiger partial charge on any atom is 0.366 e. The van der Waals surface area contributed by atoms with Gasteiger partial charge in [0.15, 0.2) is 6.73 Å². The fourth-order valence-corrected chi connectivity index (χ4v) is 4.35. The third-order valence-electron chi connectivity index (χ3n) is 6.31. The highest BCUT2D eigenvalue weighted by atomic mass is 19.1. The lowest BCUT2D eigenvalue weighted by Crippen LogP contribution is -2.04. The van der Waals surface area contributed by atoms with E-state index in [2.05, 4.69) is 25.1 Å². The number of nitrogens with zero attached hydrogens (tertiary/aromatic N) is 5. The molecule has 0 aliphatic rings. The van der Waals surface area contributed by atoms with Crippen molar-refractivity contribution in [1.82, 2.24) is 29.8 Å². The molecule has 0 spiro atoms. The molecule has 11 nitrogen and oxygen atoms in total. The molecular formula is C31H26F2N6O5. The predicted molar refractivity (Wildman–Crippen MR) is 156 cm³/mol. The molecule has 0 aliphatic carbocycles. The van der Waals surface area contributed by atoms with Crippen LogP contribution in [0.1, 0.15) is 18.6 Å². The number of nitrogens with one attached hydrogen (secondary N) is 1. The molecule has 0 aliphatic heterocycles. The van der Waals surface area contributed by atoms with E-state index < -0.39 is 11.3 Å². The molecule has 0 saturated carbocycles. The minimum Gasteiger partial charge on any atom is -0.358 e. The molecule has 0 saturated heterocycles. The first kappa shape index (κ1) is 29.9. The molecule has 0 bridgehead atoms. The Balaban J connectivity index is 0.000000177. The van der Waals surface area contributed by atoms with Gasteiger partial charge in [0.25, 0.3) is 0 Å². The number of hydrogen-bond donors (Lipinski definition) is 1. The number of benzene rings is 2. The maximum absolute atomic E-state index is 13.2. The van der Waals surface area contributed by atoms with E-state index in [4.69, 9.17) is 13.8 Å². The second-order valence-corrected chi connectivity index (χ2v) is 9.34. The normalized spacial score (nSPS) is 10.8. The lowest BCUT2D eigenvalue weighted by molar-refractivity contribution is 0.0314. The molecule has 6 rings (SSSR count). The van der Waals surface area contributed by atoms with Gasteiger partial charge in [0, 0.05) is 19.0 Å². The monoisotopic (exact) mass is 600 g/mol. The molecule has 224 valence electrons. The van der Waals surface area contributed by atoms with Crippen LogP contribution in [0, 0.1) is 25.5 Å². The van der Waals surface area contributed by atoms with Crippen LogP contribution in [0.15, 0.2) is 91.7 Å². The average Bonchev–Trinajstić information content (AvgIpc) is 3.56. The molecule has 2 aromatic carbocycles. The van der Waals surface area contributed by atoms with Gasteiger partial charge in [-0.25, -0.2) is 43.5 Å². The molecule has 0 unspecified atom stereocenters. The second-order valence-electron chi connectivity index (χ2n) is 9.34. The largest absolute Gasteiger partial charge is 0.366 e. The summed E-state index contributed by atoms with van der Waals surface area (Å²) in [7, 11) is 0. The van der Waals surface area contributed by atoms with Crippen molar-refractivity contribution in [2.24, 2.45) is 0 Å². The van der Waals surface area contributed by atoms with Gasteiger partial charge in [0.1, 0.15) is 34.7 Å². The Kier molecular flexibility index (Phi) is 8.95. The number of aromatic amines is 1. The van der Waals surface area contributed by atoms with E-state index in [-0.39, 0.29) is 18.4 Å². The molecule has 0 fully saturated rings. The van der Waals surface area contributed by atoms with Gasteiger partial charge in [0.2, 0.25) is 0 Å². The summed E-state index contributed by atoms with van der Waals surface area (Å²) in [5, 5.41) is 2.56. The summed E-state index contributed by atoms with van der Waals surface area (Å²) < 4.78 is 43.0. The molecule has 0 amide bonds. The summed E-state index contributed by atoms with van der Waals surface area (Å²) in [6, 6.07) is 14.6. The van der Waals surface area contributed by atoms with Gasteiger partial charge < -0.3 is 13.8 Å². The van der Waals surface area contributed by atoms with Crippen LogP contribution >= 0.6 is 0 Å². The molecule has 0 radical (unpaired) electrons. The fourth-order valence-electron chi connectivity index (χ4n) is 4.35. The van der Waals surface area contributed by atoms with Crippen LogP contribution in [-0.2, 0) is 11.5 Å². The van der Waals surface area contributed by atoms with Crippen molar-refractivity contribution in [2.45, 2.75) is 27.5 Å². The van der Waals surface area contributed by atoms with Crippen LogP contribution in [0.25, 0.3) is 45.0 Å². The van der Waals surface area contributed by atoms with Crippen molar-refractivity contribution in [3.8, 4) is 45.0 Å². The Bertz CT molecular complexity index is 2000. The first-order valence-electron chi connectivity index (χ1n) is 13.4. The highest BCUT2D eigenvalue weighted by Gasteiger charge is 2.22. The first-order valence-corrected chi connectivity index (χ1v) is 13.4. The molecule has 6 aromatic rings. The molecule has 4 aromatic heterocycles. The van der Waals surface area contributed by atoms with Gasteiger partial charge >= 0.3 is 11.3 Å². The number of aromatic nitrogens is 6. The summed E-state index contributed by atoms with van der Waals surface area (Å²) >= 11 is 0. The van der Waals surface area contributed by atoms with Crippen LogP contribution in [0.3, 0.4) is 0 Å². The van der Waals surface area contributed by atoms with Gasteiger partial charge in [-0.15, -0.1) is 0 Å². The summed E-state index contributed by atoms with van der Waals surface area (Å²) in [4.78, 5) is 40.9. The molecule has 4 heterocycles. The molecule has 13 heteroatoms. The van der Waals surface area contributed by atoms with Crippen molar-refractivity contribution in [3.63, 3.8) is 0 Å². The summed E-state index contributed by atoms with van der Waals surface area (Å²) in [6.45, 7) is 5.89. The van der Waals surface area contributed by atoms with Gasteiger partial charge in [-0.3, -0.25) is 0 Å². The van der Waals surface area contributed by atoms with E-state index in [0.717, 1.165) is 0 Å². The number of rotatable bonds is 7. The van der Waals surface area contributed by atoms with E-state index in [1.54, 1.807) is 38.4 Å². The number of halogens is 2. The van der Waals surface area contributed by atoms with E-state index in [0.29, 0.717) is 63.3 Å². The standard InChI is InChI=1S/C17H16FN3O3.C14H10FN3O2/c1-3-23-10-21-16(14-8-9-19-11(2)20-14)15(17(22)24-21)12-4-6-13(18)7-5-12;1-8-16-7-6-11(17-8)13-12(14(19)20-18-13)9-2-4-10(15)5-3-9/h4-9H,3,10H2,1-2H3;2-7,18H,1H3. The maximum atomic E-state index is 13.2. The molecule has 1 N–H and O–H groups in total. The third-order valence-corrected chi connectivity index (χ3v) is 6.31. The fraction of sp³-hybridized carbons (Fsp3) is 0.161. The number of H-pyrrole nitrogens is 1. The zero-order valence-corrected chi connectivity index (χ0v) is 23.9. The Hall–Kier alpha value is -5.56. The van der Waals surface area contributed by atoms with Crippen LogP contribution in [0.4, 0.5) is 8.78 Å². The lowest BCUT2D eigenvalue weighted by atomic mass is 10.0. The molecule has 44 heavy (non-hydrogen) atoms. The Labute approximate surface area is 248 Å². The van der Waals surface area contributed by atoms with E-state index in [1.165, 1.54) is 53.3 Å². The zero-order chi connectivity index (χ0) is 31.2. The minimum absolute atomic E-state index is 0.0747. The summed E-state index contributed by atoms with van der Waals surface area (Å²) in [5.41, 5.74) is 2.69. The second kappa shape index (κ2) is 13.2. The molecule has 0 atom stereocenters. The topological polar surface area (TPSA) is 142 Å². The highest BCUT2D eigenvalue weighted by molar-refractivity contribution is 5.79. The molecular weight excluding hydrogens is 574 g/mol. The lowest BCUT2D eigenvalue weighted by Gasteiger charge is -2.08. The SMILES string of the molecule is CCOCn1oc(=O)c(-c2ccc(F)cc2)c1-c1ccnc(C)n1.Cc1nccc(-c2[nH]oc(=O)c2-c2ccc(F)cc2)n1. The van der Waals surface area contributed by atoms with Crippen molar-refractivity contribution < 1.29 is 22.6 Å². The predicted octanol–water partition coefficient (Wildman–Crippen LogP) is 5.55. The average molecular weight is 601 g/mol. The Morgan fingerprint density at radius 3 is 1.89 bits per heavy atom. The Morgan fingerprint density at radius 2 is 1.32 bits per heavy atom. The Morgan fingerprint density at radius 1 is 0.773 bits per heavy atom. The zero-order valence-electron chi connectivity index (χ0n) is 23.9. The van der Waals surface area contributed by atoms with Crippen molar-refractivity contribution in [2.75, 3.05) is 6.61 Å². The van der Waals surface area contributed by atoms with Crippen LogP contribution in [0.5, 0.6) is 0 Å². The van der Waals surface area contributed by atoms with Crippen molar-refractivity contribution in [1.29, 1.82) is 0 Å². The van der Waals surface area contributed by atoms with Crippen LogP contribution in [-0.4, -0.2) is 36.4 Å². The highest BCUT2D eigenvalue weighted by Crippen LogP contribution is 2.30. The van der Waals surface area contributed by atoms with Crippen LogP contribution < -0.4 is 11.3 Å². The number of aryl methyl sites for hydroxylation is 2. The number of hydrogen-bond acceptors (Lipinski definition) is 9. The summed E-state index contributed by atoms with van der Waals surface area (Å²) in [6.07, 6.45) is 3.20. The van der Waals surface area contributed by atoms with Gasteiger partial charge in [-0.05, 0) is 68.3 Å². The van der Waals surface area contributed by atoms with Crippen molar-refractivity contribution in [3.05, 3.63) is 117 Å². The van der Waals surface area contributed by atoms with E-state index in [9.17, 15) is 18.4 Å².